The van der Waals surface area contributed by atoms with Crippen LogP contribution >= 0.6 is 0 Å². The molecule has 0 aliphatic carbocycles. The number of hydrogen-bond donors (Lipinski definition) is 4. The molecule has 1 radical (unpaired) electrons. The maximum atomic E-state index is 12.0. The van der Waals surface area contributed by atoms with Gasteiger partial charge in [-0.2, -0.15) is 16.8 Å². The molecule has 1 amide bonds. The van der Waals surface area contributed by atoms with E-state index in [1.807, 2.05) is 0 Å². The quantitative estimate of drug-likeness (QED) is 0.216. The Labute approximate surface area is 216 Å². The molecule has 0 bridgehead atoms. The third kappa shape index (κ3) is 5.90. The number of benzene rings is 3. The van der Waals surface area contributed by atoms with Crippen LogP contribution < -0.4 is 10.1 Å². The minimum atomic E-state index is -5.00. The Morgan fingerprint density at radius 2 is 1.65 bits per heavy atom. The van der Waals surface area contributed by atoms with Gasteiger partial charge in [-0.1, -0.05) is 12.1 Å². The standard InChI is InChI=1S/C19H17N3O9S2.Na/c1-10(23)20-14-9-12(32(25,26)27)7-11-8-16(33(28,29)30)18(19(24)17(11)14)22-21-13-5-3-4-6-15(13)31-2;/h3-9,24H,1-2H3,(H,20,23)(H,25,26,27)(H,28,29,30);. The third-order valence-corrected chi connectivity index (χ3v) is 6.05. The van der Waals surface area contributed by atoms with E-state index >= 15 is 0 Å². The second kappa shape index (κ2) is 10.4. The van der Waals surface area contributed by atoms with E-state index in [1.54, 1.807) is 18.2 Å². The zero-order valence-electron chi connectivity index (χ0n) is 18.0. The summed E-state index contributed by atoms with van der Waals surface area (Å²) in [6.07, 6.45) is 0. The number of fused-ring (bicyclic) bond motifs is 1. The Balaban J connectivity index is 0.00000408. The fourth-order valence-electron chi connectivity index (χ4n) is 3.01. The summed E-state index contributed by atoms with van der Waals surface area (Å²) in [6.45, 7) is 1.11. The summed E-state index contributed by atoms with van der Waals surface area (Å²) in [5.74, 6) is -1.20. The van der Waals surface area contributed by atoms with E-state index in [0.717, 1.165) is 25.1 Å². The van der Waals surface area contributed by atoms with Crippen molar-refractivity contribution in [3.05, 3.63) is 42.5 Å². The zero-order valence-corrected chi connectivity index (χ0v) is 21.7. The van der Waals surface area contributed by atoms with Crippen molar-refractivity contribution in [1.82, 2.24) is 0 Å². The second-order valence-corrected chi connectivity index (χ2v) is 9.46. The van der Waals surface area contributed by atoms with Crippen LogP contribution in [0.5, 0.6) is 11.5 Å². The molecule has 0 aliphatic rings. The number of phenolic OH excluding ortho intramolecular Hbond substituents is 1. The van der Waals surface area contributed by atoms with E-state index in [-0.39, 0.29) is 57.5 Å². The minimum absolute atomic E-state index is 0. The molecular weight excluding hydrogens is 501 g/mol. The van der Waals surface area contributed by atoms with E-state index in [9.17, 15) is 35.8 Å². The summed E-state index contributed by atoms with van der Waals surface area (Å²) < 4.78 is 71.5. The van der Waals surface area contributed by atoms with Crippen LogP contribution in [0.1, 0.15) is 6.92 Å². The summed E-state index contributed by atoms with van der Waals surface area (Å²) in [5.41, 5.74) is -0.771. The number of amides is 1. The summed E-state index contributed by atoms with van der Waals surface area (Å²) in [7, 11) is -8.40. The largest absolute Gasteiger partial charge is 0.505 e. The van der Waals surface area contributed by atoms with Crippen molar-refractivity contribution >= 4 is 83.5 Å². The number of carbonyl (C=O) groups is 1. The number of rotatable bonds is 6. The van der Waals surface area contributed by atoms with E-state index in [0.29, 0.717) is 0 Å². The van der Waals surface area contributed by atoms with Gasteiger partial charge in [0.25, 0.3) is 20.2 Å². The molecule has 0 unspecified atom stereocenters. The molecule has 0 saturated heterocycles. The fraction of sp³-hybridized carbons (Fsp3) is 0.105. The van der Waals surface area contributed by atoms with Gasteiger partial charge in [-0.15, -0.1) is 10.2 Å². The number of anilines is 1. The molecular formula is C19H17N3NaO9S2. The number of hydrogen-bond acceptors (Lipinski definition) is 9. The first-order chi connectivity index (χ1) is 15.3. The van der Waals surface area contributed by atoms with Crippen molar-refractivity contribution < 1.29 is 40.6 Å². The molecule has 0 fully saturated rings. The van der Waals surface area contributed by atoms with Crippen LogP contribution in [0, 0.1) is 0 Å². The number of para-hydroxylation sites is 1. The average Bonchev–Trinajstić information content (AvgIpc) is 2.70. The van der Waals surface area contributed by atoms with Crippen LogP contribution in [0.2, 0.25) is 0 Å². The number of carbonyl (C=O) groups excluding carboxylic acids is 1. The van der Waals surface area contributed by atoms with Gasteiger partial charge in [0, 0.05) is 41.9 Å². The zero-order chi connectivity index (χ0) is 24.6. The van der Waals surface area contributed by atoms with Gasteiger partial charge in [0.2, 0.25) is 5.91 Å². The predicted molar refractivity (Wildman–Crippen MR) is 122 cm³/mol. The van der Waals surface area contributed by atoms with Crippen molar-refractivity contribution in [2.24, 2.45) is 10.2 Å². The number of ether oxygens (including phenoxy) is 1. The van der Waals surface area contributed by atoms with Crippen LogP contribution in [0.25, 0.3) is 10.8 Å². The molecule has 0 aromatic heterocycles. The van der Waals surface area contributed by atoms with Crippen molar-refractivity contribution in [2.75, 3.05) is 12.4 Å². The number of aromatic hydroxyl groups is 1. The molecule has 4 N–H and O–H groups in total. The molecule has 0 heterocycles. The van der Waals surface area contributed by atoms with Gasteiger partial charge in [-0.3, -0.25) is 13.9 Å². The summed E-state index contributed by atoms with van der Waals surface area (Å²) in [4.78, 5) is 10.0. The van der Waals surface area contributed by atoms with Gasteiger partial charge in [0.05, 0.1) is 17.7 Å². The van der Waals surface area contributed by atoms with Gasteiger partial charge in [0.1, 0.15) is 22.0 Å². The van der Waals surface area contributed by atoms with E-state index in [2.05, 4.69) is 15.5 Å². The van der Waals surface area contributed by atoms with Crippen LogP contribution in [0.3, 0.4) is 0 Å². The van der Waals surface area contributed by atoms with Gasteiger partial charge >= 0.3 is 0 Å². The Morgan fingerprint density at radius 3 is 2.21 bits per heavy atom. The first-order valence-corrected chi connectivity index (χ1v) is 11.8. The first kappa shape index (κ1) is 27.7. The molecule has 0 atom stereocenters. The van der Waals surface area contributed by atoms with E-state index in [1.165, 1.54) is 13.2 Å². The van der Waals surface area contributed by atoms with Crippen molar-refractivity contribution in [3.63, 3.8) is 0 Å². The van der Waals surface area contributed by atoms with Crippen molar-refractivity contribution in [1.29, 1.82) is 0 Å². The minimum Gasteiger partial charge on any atom is -0.505 e. The van der Waals surface area contributed by atoms with Gasteiger partial charge < -0.3 is 15.2 Å². The number of azo groups is 1. The molecule has 3 rings (SSSR count). The molecule has 0 aliphatic heterocycles. The average molecular weight is 518 g/mol. The summed E-state index contributed by atoms with van der Waals surface area (Å²) in [5, 5.41) is 20.4. The molecule has 3 aromatic carbocycles. The van der Waals surface area contributed by atoms with E-state index < -0.39 is 47.4 Å². The van der Waals surface area contributed by atoms with Crippen LogP contribution in [-0.2, 0) is 25.0 Å². The predicted octanol–water partition coefficient (Wildman–Crippen LogP) is 3.04. The number of nitrogens with zero attached hydrogens (tertiary/aromatic N) is 2. The third-order valence-electron chi connectivity index (χ3n) is 4.35. The monoisotopic (exact) mass is 518 g/mol. The van der Waals surface area contributed by atoms with Gasteiger partial charge in [-0.25, -0.2) is 0 Å². The fourth-order valence-corrected chi connectivity index (χ4v) is 4.21. The van der Waals surface area contributed by atoms with Gasteiger partial charge in [-0.05, 0) is 35.7 Å². The molecule has 3 aromatic rings. The Hall–Kier alpha value is -2.59. The molecule has 12 nitrogen and oxygen atoms in total. The van der Waals surface area contributed by atoms with Crippen LogP contribution in [0.4, 0.5) is 17.1 Å². The van der Waals surface area contributed by atoms with Crippen LogP contribution in [0.15, 0.2) is 62.5 Å². The van der Waals surface area contributed by atoms with Crippen LogP contribution in [-0.4, -0.2) is 73.6 Å². The Bertz CT molecular complexity index is 1520. The SMILES string of the molecule is COc1ccccc1N=Nc1c(S(=O)(=O)O)cc2cc(S(=O)(=O)O)cc(NC(C)=O)c2c1O.[Na]. The number of phenols is 1. The first-order valence-electron chi connectivity index (χ1n) is 8.94. The maximum Gasteiger partial charge on any atom is 0.296 e. The normalized spacial score (nSPS) is 11.9. The topological polar surface area (TPSA) is 192 Å². The summed E-state index contributed by atoms with van der Waals surface area (Å²) >= 11 is 0. The molecule has 34 heavy (non-hydrogen) atoms. The molecule has 0 saturated carbocycles. The smallest absolute Gasteiger partial charge is 0.296 e. The van der Waals surface area contributed by atoms with E-state index in [4.69, 9.17) is 4.74 Å². The Kier molecular flexibility index (Phi) is 8.42. The maximum absolute atomic E-state index is 12.0. The van der Waals surface area contributed by atoms with Crippen molar-refractivity contribution in [2.45, 2.75) is 16.7 Å². The van der Waals surface area contributed by atoms with Gasteiger partial charge in [0.15, 0.2) is 5.75 Å². The number of methoxy groups -OCH3 is 1. The molecule has 15 heteroatoms. The van der Waals surface area contributed by atoms with Crippen molar-refractivity contribution in [3.8, 4) is 11.5 Å². The second-order valence-electron chi connectivity index (χ2n) is 6.64. The Morgan fingerprint density at radius 1 is 1.00 bits per heavy atom. The summed E-state index contributed by atoms with van der Waals surface area (Å²) in [6, 6.07) is 8.85. The molecule has 175 valence electrons. The number of nitrogens with one attached hydrogen (secondary N) is 1. The molecule has 0 spiro atoms.